The van der Waals surface area contributed by atoms with Crippen molar-refractivity contribution in [2.45, 2.75) is 110 Å². The molecule has 1 rings (SSSR count). The second-order valence-electron chi connectivity index (χ2n) is 8.86. The van der Waals surface area contributed by atoms with Gasteiger partial charge in [-0.15, -0.1) is 0 Å². The SMILES string of the molecule is CCCCCCCCCCCCCCCCN1CCC(C(=O)OO)CC1.CS(=O)(=O)O. The van der Waals surface area contributed by atoms with E-state index in [0.717, 1.165) is 32.5 Å². The Morgan fingerprint density at radius 3 is 1.55 bits per heavy atom. The molecule has 0 saturated carbocycles. The summed E-state index contributed by atoms with van der Waals surface area (Å²) in [6.07, 6.45) is 21.9. The summed E-state index contributed by atoms with van der Waals surface area (Å²) in [6, 6.07) is 0. The fraction of sp³-hybridized carbons (Fsp3) is 0.957. The largest absolute Gasteiger partial charge is 0.345 e. The molecule has 0 aromatic carbocycles. The first-order chi connectivity index (χ1) is 14.8. The Hall–Kier alpha value is -0.700. The number of carbonyl (C=O) groups excluding carboxylic acids is 1. The van der Waals surface area contributed by atoms with E-state index in [1.54, 1.807) is 0 Å². The van der Waals surface area contributed by atoms with Crippen LogP contribution in [0.3, 0.4) is 0 Å². The van der Waals surface area contributed by atoms with E-state index in [2.05, 4.69) is 16.7 Å². The van der Waals surface area contributed by atoms with Gasteiger partial charge >= 0.3 is 5.97 Å². The van der Waals surface area contributed by atoms with Crippen molar-refractivity contribution < 1.29 is 27.9 Å². The van der Waals surface area contributed by atoms with Gasteiger partial charge in [-0.2, -0.15) is 13.7 Å². The normalized spacial score (nSPS) is 15.4. The number of likely N-dealkylation sites (tertiary alicyclic amines) is 1. The third kappa shape index (κ3) is 22.3. The van der Waals surface area contributed by atoms with E-state index in [0.29, 0.717) is 6.26 Å². The smallest absolute Gasteiger partial charge is 0.303 e. The lowest BCUT2D eigenvalue weighted by molar-refractivity contribution is -0.240. The predicted molar refractivity (Wildman–Crippen MR) is 126 cm³/mol. The number of nitrogens with zero attached hydrogens (tertiary/aromatic N) is 1. The van der Waals surface area contributed by atoms with E-state index < -0.39 is 16.1 Å². The van der Waals surface area contributed by atoms with E-state index in [1.807, 2.05) is 0 Å². The lowest BCUT2D eigenvalue weighted by atomic mass is 9.97. The number of piperidine rings is 1. The third-order valence-corrected chi connectivity index (χ3v) is 5.84. The molecule has 0 amide bonds. The fourth-order valence-electron chi connectivity index (χ4n) is 4.00. The maximum absolute atomic E-state index is 11.3. The first-order valence-electron chi connectivity index (χ1n) is 12.3. The number of hydrogen-bond donors (Lipinski definition) is 2. The van der Waals surface area contributed by atoms with Crippen LogP contribution in [-0.4, -0.2) is 55.0 Å². The zero-order valence-corrected chi connectivity index (χ0v) is 20.7. The maximum atomic E-state index is 11.3. The molecule has 1 aliphatic rings. The molecule has 1 heterocycles. The highest BCUT2D eigenvalue weighted by atomic mass is 32.2. The monoisotopic (exact) mass is 465 g/mol. The summed E-state index contributed by atoms with van der Waals surface area (Å²) < 4.78 is 25.9. The minimum Gasteiger partial charge on any atom is -0.303 e. The van der Waals surface area contributed by atoms with Crippen molar-refractivity contribution >= 4 is 16.1 Å². The second-order valence-corrected chi connectivity index (χ2v) is 10.3. The van der Waals surface area contributed by atoms with Crippen molar-refractivity contribution in [1.82, 2.24) is 4.90 Å². The zero-order chi connectivity index (χ0) is 23.4. The molecule has 0 atom stereocenters. The second kappa shape index (κ2) is 19.9. The highest BCUT2D eigenvalue weighted by Crippen LogP contribution is 2.19. The first kappa shape index (κ1) is 30.3. The van der Waals surface area contributed by atoms with Gasteiger partial charge in [0.1, 0.15) is 0 Å². The molecule has 0 aliphatic carbocycles. The molecule has 2 N–H and O–H groups in total. The molecule has 0 spiro atoms. The summed E-state index contributed by atoms with van der Waals surface area (Å²) in [5.41, 5.74) is 0. The summed E-state index contributed by atoms with van der Waals surface area (Å²) in [6.45, 7) is 5.34. The number of unbranched alkanes of at least 4 members (excludes halogenated alkanes) is 13. The predicted octanol–water partition coefficient (Wildman–Crippen LogP) is 5.70. The highest BCUT2D eigenvalue weighted by molar-refractivity contribution is 7.85. The fourth-order valence-corrected chi connectivity index (χ4v) is 4.00. The van der Waals surface area contributed by atoms with Gasteiger partial charge < -0.3 is 9.79 Å². The van der Waals surface area contributed by atoms with Gasteiger partial charge in [0, 0.05) is 0 Å². The Kier molecular flexibility index (Phi) is 19.5. The molecule has 0 aromatic rings. The highest BCUT2D eigenvalue weighted by Gasteiger charge is 2.25. The van der Waals surface area contributed by atoms with Gasteiger partial charge in [-0.1, -0.05) is 90.4 Å². The van der Waals surface area contributed by atoms with Crippen molar-refractivity contribution in [2.24, 2.45) is 5.92 Å². The van der Waals surface area contributed by atoms with Crippen LogP contribution >= 0.6 is 0 Å². The molecule has 1 saturated heterocycles. The molecular weight excluding hydrogens is 418 g/mol. The van der Waals surface area contributed by atoms with E-state index >= 15 is 0 Å². The van der Waals surface area contributed by atoms with Crippen LogP contribution in [0.2, 0.25) is 0 Å². The summed E-state index contributed by atoms with van der Waals surface area (Å²) >= 11 is 0. The van der Waals surface area contributed by atoms with Gasteiger partial charge in [0.15, 0.2) is 0 Å². The van der Waals surface area contributed by atoms with Crippen LogP contribution in [-0.2, 0) is 19.8 Å². The van der Waals surface area contributed by atoms with E-state index in [-0.39, 0.29) is 5.92 Å². The first-order valence-corrected chi connectivity index (χ1v) is 14.1. The van der Waals surface area contributed by atoms with Gasteiger partial charge in [0.25, 0.3) is 10.1 Å². The quantitative estimate of drug-likeness (QED) is 0.130. The molecule has 7 nitrogen and oxygen atoms in total. The van der Waals surface area contributed by atoms with Crippen LogP contribution in [0.15, 0.2) is 0 Å². The lowest BCUT2D eigenvalue weighted by Gasteiger charge is -2.30. The topological polar surface area (TPSA) is 104 Å². The molecule has 8 heteroatoms. The van der Waals surface area contributed by atoms with E-state index in [9.17, 15) is 13.2 Å². The van der Waals surface area contributed by atoms with Crippen LogP contribution < -0.4 is 0 Å². The summed E-state index contributed by atoms with van der Waals surface area (Å²) in [5, 5.41) is 8.43. The molecule has 0 aromatic heterocycles. The van der Waals surface area contributed by atoms with Gasteiger partial charge in [-0.25, -0.2) is 4.79 Å². The third-order valence-electron chi connectivity index (χ3n) is 5.84. The Bertz CT molecular complexity index is 510. The Balaban J connectivity index is 0.00000161. The van der Waals surface area contributed by atoms with Gasteiger partial charge in [-0.3, -0.25) is 4.55 Å². The molecule has 186 valence electrons. The van der Waals surface area contributed by atoms with Crippen LogP contribution in [0.5, 0.6) is 0 Å². The van der Waals surface area contributed by atoms with Crippen molar-refractivity contribution in [3.63, 3.8) is 0 Å². The van der Waals surface area contributed by atoms with Crippen molar-refractivity contribution in [2.75, 3.05) is 25.9 Å². The molecule has 31 heavy (non-hydrogen) atoms. The number of carbonyl (C=O) groups is 1. The summed E-state index contributed by atoms with van der Waals surface area (Å²) in [7, 11) is -3.67. The zero-order valence-electron chi connectivity index (χ0n) is 19.9. The average molecular weight is 466 g/mol. The van der Waals surface area contributed by atoms with Crippen LogP contribution in [0, 0.1) is 5.92 Å². The van der Waals surface area contributed by atoms with Gasteiger partial charge in [0.05, 0.1) is 12.2 Å². The van der Waals surface area contributed by atoms with Gasteiger partial charge in [-0.05, 0) is 38.9 Å². The molecule has 0 unspecified atom stereocenters. The van der Waals surface area contributed by atoms with Crippen molar-refractivity contribution in [3.05, 3.63) is 0 Å². The Labute approximate surface area is 190 Å². The number of rotatable bonds is 16. The maximum Gasteiger partial charge on any atom is 0.345 e. The molecule has 0 bridgehead atoms. The molecule has 0 radical (unpaired) electrons. The van der Waals surface area contributed by atoms with Crippen LogP contribution in [0.1, 0.15) is 110 Å². The Morgan fingerprint density at radius 2 is 1.19 bits per heavy atom. The standard InChI is InChI=1S/C22H43NO3.CH4O3S/c1-2-3-4-5-6-7-8-9-10-11-12-13-14-15-18-23-19-16-21(17-20-23)22(24)26-25;1-5(2,3)4/h21,25H,2-20H2,1H3;1H3,(H,2,3,4). The van der Waals surface area contributed by atoms with E-state index in [4.69, 9.17) is 9.81 Å². The summed E-state index contributed by atoms with van der Waals surface area (Å²) in [5.74, 6) is -0.561. The molecular formula is C23H47NO6S. The number of hydrogen-bond acceptors (Lipinski definition) is 6. The average Bonchev–Trinajstić information content (AvgIpc) is 2.72. The molecule has 1 fully saturated rings. The minimum atomic E-state index is -3.67. The molecule has 1 aliphatic heterocycles. The summed E-state index contributed by atoms with van der Waals surface area (Å²) in [4.78, 5) is 17.6. The lowest BCUT2D eigenvalue weighted by Crippen LogP contribution is -2.37. The van der Waals surface area contributed by atoms with E-state index in [1.165, 1.54) is 89.9 Å². The minimum absolute atomic E-state index is 0.104. The van der Waals surface area contributed by atoms with Crippen molar-refractivity contribution in [1.29, 1.82) is 0 Å². The van der Waals surface area contributed by atoms with Crippen molar-refractivity contribution in [3.8, 4) is 0 Å². The van der Waals surface area contributed by atoms with Crippen LogP contribution in [0.25, 0.3) is 0 Å². The van der Waals surface area contributed by atoms with Gasteiger partial charge in [0.2, 0.25) is 0 Å². The Morgan fingerprint density at radius 1 is 0.839 bits per heavy atom. The van der Waals surface area contributed by atoms with Crippen LogP contribution in [0.4, 0.5) is 0 Å².